The summed E-state index contributed by atoms with van der Waals surface area (Å²) >= 11 is 0. The summed E-state index contributed by atoms with van der Waals surface area (Å²) in [5.41, 5.74) is 3.41. The molecule has 32 heavy (non-hydrogen) atoms. The smallest absolute Gasteiger partial charge is 0.203 e. The Hall–Kier alpha value is -2.40. The molecule has 0 unspecified atom stereocenters. The Morgan fingerprint density at radius 2 is 1.47 bits per heavy atom. The maximum absolute atomic E-state index is 5.42. The van der Waals surface area contributed by atoms with E-state index in [9.17, 15) is 0 Å². The Kier molecular flexibility index (Phi) is 10.7. The molecule has 9 heteroatoms. The van der Waals surface area contributed by atoms with Crippen LogP contribution in [-0.4, -0.2) is 60.6 Å². The number of nitrogens with zero attached hydrogens (tertiary/aromatic N) is 2. The monoisotopic (exact) mass is 556 g/mol. The van der Waals surface area contributed by atoms with Crippen molar-refractivity contribution in [3.05, 3.63) is 47.5 Å². The molecule has 0 radical (unpaired) electrons. The lowest BCUT2D eigenvalue weighted by Gasteiger charge is -2.28. The molecule has 0 atom stereocenters. The average Bonchev–Trinajstić information content (AvgIpc) is 2.84. The van der Waals surface area contributed by atoms with Crippen LogP contribution in [0.5, 0.6) is 17.2 Å². The van der Waals surface area contributed by atoms with Crippen LogP contribution < -0.4 is 29.7 Å². The van der Waals surface area contributed by atoms with Crippen LogP contribution in [0.4, 0.5) is 5.69 Å². The van der Waals surface area contributed by atoms with Gasteiger partial charge in [0.15, 0.2) is 17.5 Å². The van der Waals surface area contributed by atoms with Crippen molar-refractivity contribution in [1.29, 1.82) is 0 Å². The highest BCUT2D eigenvalue weighted by atomic mass is 127. The molecule has 1 fully saturated rings. The fourth-order valence-corrected chi connectivity index (χ4v) is 3.48. The van der Waals surface area contributed by atoms with E-state index < -0.39 is 0 Å². The molecular formula is C23H33IN4O4. The SMILES string of the molecule is CN=C(NCc1ccc(N2CCOCC2)cc1)NCc1cc(OC)c(OC)c(OC)c1.I. The van der Waals surface area contributed by atoms with Crippen molar-refractivity contribution >= 4 is 35.6 Å². The molecule has 1 aliphatic rings. The third-order valence-electron chi connectivity index (χ3n) is 5.18. The van der Waals surface area contributed by atoms with Crippen molar-refractivity contribution in [3.8, 4) is 17.2 Å². The summed E-state index contributed by atoms with van der Waals surface area (Å²) in [5.74, 6) is 2.55. The van der Waals surface area contributed by atoms with Crippen molar-refractivity contribution in [2.45, 2.75) is 13.1 Å². The topological polar surface area (TPSA) is 76.6 Å². The number of rotatable bonds is 8. The Morgan fingerprint density at radius 1 is 0.906 bits per heavy atom. The van der Waals surface area contributed by atoms with Gasteiger partial charge in [0.05, 0.1) is 34.5 Å². The molecule has 0 saturated carbocycles. The lowest BCUT2D eigenvalue weighted by molar-refractivity contribution is 0.122. The Balaban J connectivity index is 0.00000363. The molecule has 176 valence electrons. The minimum atomic E-state index is 0. The van der Waals surface area contributed by atoms with Gasteiger partial charge in [0.1, 0.15) is 0 Å². The molecule has 0 amide bonds. The van der Waals surface area contributed by atoms with E-state index in [1.54, 1.807) is 28.4 Å². The number of benzene rings is 2. The van der Waals surface area contributed by atoms with Gasteiger partial charge in [0.2, 0.25) is 5.75 Å². The van der Waals surface area contributed by atoms with Gasteiger partial charge < -0.3 is 34.5 Å². The number of anilines is 1. The van der Waals surface area contributed by atoms with Gasteiger partial charge in [-0.2, -0.15) is 0 Å². The first-order valence-corrected chi connectivity index (χ1v) is 10.3. The summed E-state index contributed by atoms with van der Waals surface area (Å²) in [4.78, 5) is 6.66. The van der Waals surface area contributed by atoms with Gasteiger partial charge in [0.25, 0.3) is 0 Å². The van der Waals surface area contributed by atoms with Gasteiger partial charge in [-0.25, -0.2) is 0 Å². The third-order valence-corrected chi connectivity index (χ3v) is 5.18. The molecule has 8 nitrogen and oxygen atoms in total. The predicted molar refractivity (Wildman–Crippen MR) is 138 cm³/mol. The van der Waals surface area contributed by atoms with Crippen molar-refractivity contribution in [1.82, 2.24) is 10.6 Å². The molecule has 0 spiro atoms. The van der Waals surface area contributed by atoms with Crippen molar-refractivity contribution in [2.24, 2.45) is 4.99 Å². The number of hydrogen-bond acceptors (Lipinski definition) is 6. The average molecular weight is 556 g/mol. The largest absolute Gasteiger partial charge is 0.493 e. The standard InChI is InChI=1S/C23H32N4O4.HI/c1-24-23(26-16-18-13-20(28-2)22(30-4)21(14-18)29-3)25-15-17-5-7-19(8-6-17)27-9-11-31-12-10-27;/h5-8,13-14H,9-12,15-16H2,1-4H3,(H2,24,25,26);1H. The summed E-state index contributed by atoms with van der Waals surface area (Å²) < 4.78 is 21.6. The zero-order valence-corrected chi connectivity index (χ0v) is 21.5. The maximum Gasteiger partial charge on any atom is 0.203 e. The van der Waals surface area contributed by atoms with E-state index >= 15 is 0 Å². The first-order chi connectivity index (χ1) is 15.2. The van der Waals surface area contributed by atoms with E-state index in [4.69, 9.17) is 18.9 Å². The summed E-state index contributed by atoms with van der Waals surface area (Å²) in [6, 6.07) is 12.5. The van der Waals surface area contributed by atoms with Gasteiger partial charge >= 0.3 is 0 Å². The number of halogens is 1. The molecule has 0 aliphatic carbocycles. The van der Waals surface area contributed by atoms with E-state index in [2.05, 4.69) is 44.8 Å². The van der Waals surface area contributed by atoms with E-state index in [1.165, 1.54) is 11.3 Å². The molecule has 1 heterocycles. The predicted octanol–water partition coefficient (Wildman–Crippen LogP) is 3.03. The molecule has 2 N–H and O–H groups in total. The summed E-state index contributed by atoms with van der Waals surface area (Å²) in [6.07, 6.45) is 0. The van der Waals surface area contributed by atoms with Gasteiger partial charge in [-0.3, -0.25) is 4.99 Å². The van der Waals surface area contributed by atoms with E-state index in [0.29, 0.717) is 36.3 Å². The van der Waals surface area contributed by atoms with Crippen LogP contribution >= 0.6 is 24.0 Å². The van der Waals surface area contributed by atoms with Crippen LogP contribution in [-0.2, 0) is 17.8 Å². The van der Waals surface area contributed by atoms with Crippen molar-refractivity contribution in [3.63, 3.8) is 0 Å². The fraction of sp³-hybridized carbons (Fsp3) is 0.435. The van der Waals surface area contributed by atoms with Gasteiger partial charge in [-0.1, -0.05) is 12.1 Å². The number of aliphatic imine (C=N–C) groups is 1. The van der Waals surface area contributed by atoms with Crippen LogP contribution in [0.1, 0.15) is 11.1 Å². The molecular weight excluding hydrogens is 523 g/mol. The van der Waals surface area contributed by atoms with Crippen LogP contribution in [0.2, 0.25) is 0 Å². The molecule has 0 aromatic heterocycles. The number of morpholine rings is 1. The number of guanidine groups is 1. The van der Waals surface area contributed by atoms with Gasteiger partial charge in [0, 0.05) is 38.9 Å². The lowest BCUT2D eigenvalue weighted by atomic mass is 10.1. The molecule has 2 aromatic rings. The van der Waals surface area contributed by atoms with E-state index in [-0.39, 0.29) is 24.0 Å². The zero-order chi connectivity index (χ0) is 22.1. The number of nitrogens with one attached hydrogen (secondary N) is 2. The highest BCUT2D eigenvalue weighted by Gasteiger charge is 2.14. The quantitative estimate of drug-likeness (QED) is 0.294. The highest BCUT2D eigenvalue weighted by molar-refractivity contribution is 14.0. The second-order valence-corrected chi connectivity index (χ2v) is 7.08. The van der Waals surface area contributed by atoms with Crippen molar-refractivity contribution in [2.75, 3.05) is 59.6 Å². The lowest BCUT2D eigenvalue weighted by Crippen LogP contribution is -2.36. The Labute approximate surface area is 207 Å². The second-order valence-electron chi connectivity index (χ2n) is 7.08. The molecule has 3 rings (SSSR count). The van der Waals surface area contributed by atoms with E-state index in [1.807, 2.05) is 12.1 Å². The van der Waals surface area contributed by atoms with Crippen molar-refractivity contribution < 1.29 is 18.9 Å². The number of methoxy groups -OCH3 is 3. The molecule has 0 bridgehead atoms. The van der Waals surface area contributed by atoms with Gasteiger partial charge in [-0.15, -0.1) is 24.0 Å². The first-order valence-electron chi connectivity index (χ1n) is 10.3. The molecule has 1 aliphatic heterocycles. The van der Waals surface area contributed by atoms with E-state index in [0.717, 1.165) is 31.9 Å². The number of hydrogen-bond donors (Lipinski definition) is 2. The Morgan fingerprint density at radius 3 is 1.97 bits per heavy atom. The molecule has 2 aromatic carbocycles. The Bertz CT molecular complexity index is 846. The minimum absolute atomic E-state index is 0. The summed E-state index contributed by atoms with van der Waals surface area (Å²) in [7, 11) is 6.57. The van der Waals surface area contributed by atoms with Crippen LogP contribution in [0, 0.1) is 0 Å². The van der Waals surface area contributed by atoms with Gasteiger partial charge in [-0.05, 0) is 35.4 Å². The minimum Gasteiger partial charge on any atom is -0.493 e. The normalized spacial score (nSPS) is 13.8. The maximum atomic E-state index is 5.42. The van der Waals surface area contributed by atoms with Crippen LogP contribution in [0.3, 0.4) is 0 Å². The fourth-order valence-electron chi connectivity index (χ4n) is 3.48. The van der Waals surface area contributed by atoms with Crippen LogP contribution in [0.25, 0.3) is 0 Å². The summed E-state index contributed by atoms with van der Waals surface area (Å²) in [5, 5.41) is 6.68. The third kappa shape index (κ3) is 6.80. The van der Waals surface area contributed by atoms with Crippen LogP contribution in [0.15, 0.2) is 41.4 Å². The molecule has 1 saturated heterocycles. The highest BCUT2D eigenvalue weighted by Crippen LogP contribution is 2.38. The zero-order valence-electron chi connectivity index (χ0n) is 19.1. The number of ether oxygens (including phenoxy) is 4. The summed E-state index contributed by atoms with van der Waals surface area (Å²) in [6.45, 7) is 4.70. The second kappa shape index (κ2) is 13.2. The first kappa shape index (κ1) is 25.9.